The lowest BCUT2D eigenvalue weighted by molar-refractivity contribution is -0.124. The van der Waals surface area contributed by atoms with Crippen molar-refractivity contribution in [3.05, 3.63) is 42.1 Å². The topological polar surface area (TPSA) is 106 Å². The molecule has 0 spiro atoms. The molecule has 8 nitrogen and oxygen atoms in total. The molecule has 0 aliphatic rings. The molecule has 0 bridgehead atoms. The minimum Gasteiger partial charge on any atom is -0.337 e. The molecule has 0 radical (unpaired) electrons. The van der Waals surface area contributed by atoms with E-state index in [1.807, 2.05) is 0 Å². The Balaban J connectivity index is 2.32. The first kappa shape index (κ1) is 15.0. The molecule has 0 aromatic carbocycles. The second-order valence-electron chi connectivity index (χ2n) is 4.33. The van der Waals surface area contributed by atoms with E-state index in [9.17, 15) is 13.2 Å². The van der Waals surface area contributed by atoms with Crippen LogP contribution in [0, 0.1) is 6.92 Å². The molecule has 1 amide bonds. The van der Waals surface area contributed by atoms with Gasteiger partial charge in [-0.15, -0.1) is 0 Å². The SMILES string of the molecule is Cc1nc(S(=O)(=O)n2ccc(C=CC(=O)NO)c2)cn1C. The average molecular weight is 310 g/mol. The van der Waals surface area contributed by atoms with E-state index in [2.05, 4.69) is 4.98 Å². The fraction of sp³-hybridized carbons (Fsp3) is 0.167. The van der Waals surface area contributed by atoms with Crippen LogP contribution in [0.15, 0.2) is 35.8 Å². The van der Waals surface area contributed by atoms with E-state index < -0.39 is 15.9 Å². The molecule has 0 atom stereocenters. The van der Waals surface area contributed by atoms with Gasteiger partial charge in [0.2, 0.25) is 0 Å². The number of amides is 1. The zero-order valence-electron chi connectivity index (χ0n) is 11.4. The van der Waals surface area contributed by atoms with Gasteiger partial charge in [-0.25, -0.2) is 14.4 Å². The predicted octanol–water partition coefficient (Wildman–Crippen LogP) is 0.286. The van der Waals surface area contributed by atoms with Gasteiger partial charge in [-0.1, -0.05) is 0 Å². The van der Waals surface area contributed by atoms with Crippen molar-refractivity contribution >= 4 is 22.0 Å². The Morgan fingerprint density at radius 1 is 1.43 bits per heavy atom. The van der Waals surface area contributed by atoms with Crippen molar-refractivity contribution in [3.63, 3.8) is 0 Å². The Hall–Kier alpha value is -2.39. The van der Waals surface area contributed by atoms with Gasteiger partial charge < -0.3 is 4.57 Å². The van der Waals surface area contributed by atoms with Gasteiger partial charge in [0.1, 0.15) is 5.82 Å². The average Bonchev–Trinajstić information content (AvgIpc) is 3.04. The smallest absolute Gasteiger partial charge is 0.286 e. The van der Waals surface area contributed by atoms with Crippen molar-refractivity contribution in [2.24, 2.45) is 7.05 Å². The summed E-state index contributed by atoms with van der Waals surface area (Å²) in [6.45, 7) is 1.70. The molecule has 9 heteroatoms. The van der Waals surface area contributed by atoms with E-state index in [1.54, 1.807) is 18.5 Å². The first-order valence-electron chi connectivity index (χ1n) is 5.90. The van der Waals surface area contributed by atoms with Crippen LogP contribution in [0.1, 0.15) is 11.4 Å². The lowest BCUT2D eigenvalue weighted by atomic mass is 10.3. The van der Waals surface area contributed by atoms with Crippen LogP contribution < -0.4 is 5.48 Å². The number of hydrogen-bond acceptors (Lipinski definition) is 5. The normalized spacial score (nSPS) is 12.0. The maximum atomic E-state index is 12.4. The van der Waals surface area contributed by atoms with Crippen molar-refractivity contribution in [2.45, 2.75) is 11.9 Å². The van der Waals surface area contributed by atoms with Crippen molar-refractivity contribution in [3.8, 4) is 0 Å². The van der Waals surface area contributed by atoms with Gasteiger partial charge in [0, 0.05) is 31.7 Å². The monoisotopic (exact) mass is 310 g/mol. The Morgan fingerprint density at radius 3 is 2.71 bits per heavy atom. The number of aryl methyl sites for hydroxylation is 2. The molecule has 2 heterocycles. The molecule has 0 saturated carbocycles. The van der Waals surface area contributed by atoms with Gasteiger partial charge in [-0.3, -0.25) is 10.0 Å². The molecule has 21 heavy (non-hydrogen) atoms. The van der Waals surface area contributed by atoms with E-state index in [0.29, 0.717) is 11.4 Å². The first-order valence-corrected chi connectivity index (χ1v) is 7.34. The summed E-state index contributed by atoms with van der Waals surface area (Å²) in [6, 6.07) is 1.52. The van der Waals surface area contributed by atoms with Gasteiger partial charge in [-0.2, -0.15) is 8.42 Å². The molecule has 2 N–H and O–H groups in total. The maximum Gasteiger partial charge on any atom is 0.286 e. The molecule has 0 fully saturated rings. The highest BCUT2D eigenvalue weighted by Gasteiger charge is 2.20. The number of carbonyl (C=O) groups is 1. The number of hydroxylamine groups is 1. The van der Waals surface area contributed by atoms with E-state index in [1.165, 1.54) is 36.2 Å². The quantitative estimate of drug-likeness (QED) is 0.479. The first-order chi connectivity index (χ1) is 9.84. The third kappa shape index (κ3) is 3.03. The van der Waals surface area contributed by atoms with E-state index in [0.717, 1.165) is 10.0 Å². The molecule has 0 saturated heterocycles. The van der Waals surface area contributed by atoms with Crippen LogP contribution in [0.3, 0.4) is 0 Å². The highest BCUT2D eigenvalue weighted by molar-refractivity contribution is 7.89. The van der Waals surface area contributed by atoms with Crippen LogP contribution in [0.4, 0.5) is 0 Å². The number of aromatic nitrogens is 3. The second-order valence-corrected chi connectivity index (χ2v) is 6.12. The summed E-state index contributed by atoms with van der Waals surface area (Å²) in [6.07, 6.45) is 6.59. The number of rotatable bonds is 4. The van der Waals surface area contributed by atoms with Gasteiger partial charge in [0.25, 0.3) is 15.9 Å². The number of nitrogens with one attached hydrogen (secondary N) is 1. The third-order valence-electron chi connectivity index (χ3n) is 2.86. The van der Waals surface area contributed by atoms with Crippen LogP contribution in [0.25, 0.3) is 6.08 Å². The summed E-state index contributed by atoms with van der Waals surface area (Å²) in [5, 5.41) is 8.31. The van der Waals surface area contributed by atoms with Crippen molar-refractivity contribution in [2.75, 3.05) is 0 Å². The number of nitrogens with zero attached hydrogens (tertiary/aromatic N) is 3. The van der Waals surface area contributed by atoms with E-state index in [4.69, 9.17) is 5.21 Å². The molecule has 112 valence electrons. The Kier molecular flexibility index (Phi) is 3.96. The fourth-order valence-corrected chi connectivity index (χ4v) is 2.84. The van der Waals surface area contributed by atoms with Crippen molar-refractivity contribution < 1.29 is 18.4 Å². The van der Waals surface area contributed by atoms with Gasteiger partial charge in [0.05, 0.1) is 0 Å². The minimum atomic E-state index is -3.76. The summed E-state index contributed by atoms with van der Waals surface area (Å²) < 4.78 is 27.3. The molecule has 2 rings (SSSR count). The Labute approximate surface area is 121 Å². The lowest BCUT2D eigenvalue weighted by Crippen LogP contribution is -2.14. The van der Waals surface area contributed by atoms with Crippen LogP contribution in [-0.2, 0) is 21.9 Å². The summed E-state index contributed by atoms with van der Waals surface area (Å²) in [4.78, 5) is 14.9. The number of hydrogen-bond donors (Lipinski definition) is 2. The highest BCUT2D eigenvalue weighted by atomic mass is 32.2. The summed E-state index contributed by atoms with van der Waals surface area (Å²) in [5.41, 5.74) is 1.94. The molecule has 0 unspecified atom stereocenters. The second kappa shape index (κ2) is 5.54. The molecule has 0 aliphatic carbocycles. The highest BCUT2D eigenvalue weighted by Crippen LogP contribution is 2.15. The Morgan fingerprint density at radius 2 is 2.14 bits per heavy atom. The summed E-state index contributed by atoms with van der Waals surface area (Å²) in [5.74, 6) is -0.119. The van der Waals surface area contributed by atoms with Gasteiger partial charge in [0.15, 0.2) is 5.03 Å². The molecule has 0 aliphatic heterocycles. The minimum absolute atomic E-state index is 0.0540. The maximum absolute atomic E-state index is 12.4. The van der Waals surface area contributed by atoms with Gasteiger partial charge >= 0.3 is 0 Å². The van der Waals surface area contributed by atoms with Crippen LogP contribution in [0.2, 0.25) is 0 Å². The van der Waals surface area contributed by atoms with E-state index >= 15 is 0 Å². The fourth-order valence-electron chi connectivity index (χ4n) is 1.61. The zero-order chi connectivity index (χ0) is 15.6. The van der Waals surface area contributed by atoms with Crippen molar-refractivity contribution in [1.82, 2.24) is 19.0 Å². The standard InChI is InChI=1S/C12H14N4O4S/c1-9-13-12(8-15(9)2)21(19,20)16-6-5-10(7-16)3-4-11(17)14-18/h3-8,18H,1-2H3,(H,14,17). The van der Waals surface area contributed by atoms with Crippen molar-refractivity contribution in [1.29, 1.82) is 0 Å². The van der Waals surface area contributed by atoms with Crippen LogP contribution >= 0.6 is 0 Å². The van der Waals surface area contributed by atoms with E-state index in [-0.39, 0.29) is 5.03 Å². The predicted molar refractivity (Wildman–Crippen MR) is 73.9 cm³/mol. The lowest BCUT2D eigenvalue weighted by Gasteiger charge is -2.00. The third-order valence-corrected chi connectivity index (χ3v) is 4.36. The van der Waals surface area contributed by atoms with Crippen LogP contribution in [0.5, 0.6) is 0 Å². The van der Waals surface area contributed by atoms with Gasteiger partial charge in [-0.05, 0) is 24.6 Å². The molecular weight excluding hydrogens is 296 g/mol. The van der Waals surface area contributed by atoms with Crippen LogP contribution in [-0.4, -0.2) is 33.1 Å². The zero-order valence-corrected chi connectivity index (χ0v) is 12.2. The largest absolute Gasteiger partial charge is 0.337 e. The molecular formula is C12H14N4O4S. The Bertz CT molecular complexity index is 782. The molecule has 2 aromatic rings. The summed E-state index contributed by atoms with van der Waals surface area (Å²) >= 11 is 0. The summed E-state index contributed by atoms with van der Waals surface area (Å²) in [7, 11) is -2.06. The molecule has 2 aromatic heterocycles. The number of imidazole rings is 1. The number of carbonyl (C=O) groups excluding carboxylic acids is 1.